The number of fused-ring (bicyclic) bond motifs is 1. The minimum absolute atomic E-state index is 0.421. The molecule has 1 aromatic heterocycles. The van der Waals surface area contributed by atoms with E-state index in [0.29, 0.717) is 17.1 Å². The van der Waals surface area contributed by atoms with E-state index in [-0.39, 0.29) is 0 Å². The van der Waals surface area contributed by atoms with Gasteiger partial charge in [0.05, 0.1) is 0 Å². The van der Waals surface area contributed by atoms with Crippen molar-refractivity contribution in [3.05, 3.63) is 64.8 Å². The zero-order valence-corrected chi connectivity index (χ0v) is 11.9. The molecule has 0 saturated heterocycles. The number of amides is 1. The Balaban J connectivity index is 1.75. The van der Waals surface area contributed by atoms with E-state index in [1.54, 1.807) is 12.1 Å². The predicted octanol–water partition coefficient (Wildman–Crippen LogP) is 3.53. The van der Waals surface area contributed by atoms with E-state index in [9.17, 15) is 4.79 Å². The average Bonchev–Trinajstić information content (AvgIpc) is 2.87. The summed E-state index contributed by atoms with van der Waals surface area (Å²) in [5, 5.41) is 5.17. The number of rotatable bonds is 4. The SMILES string of the molecule is NC(=O)c1ccc(NCc2c[nH]c3cc(Cl)ccc23)cc1. The lowest BCUT2D eigenvalue weighted by Gasteiger charge is -2.06. The van der Waals surface area contributed by atoms with Crippen LogP contribution in [-0.4, -0.2) is 10.9 Å². The van der Waals surface area contributed by atoms with Crippen LogP contribution in [0.4, 0.5) is 5.69 Å². The molecule has 3 aromatic rings. The molecule has 0 aliphatic rings. The second-order valence-electron chi connectivity index (χ2n) is 4.80. The van der Waals surface area contributed by atoms with Gasteiger partial charge in [-0.15, -0.1) is 0 Å². The molecule has 0 bridgehead atoms. The van der Waals surface area contributed by atoms with Gasteiger partial charge in [0, 0.05) is 39.9 Å². The third-order valence-corrected chi connectivity index (χ3v) is 3.62. The second-order valence-corrected chi connectivity index (χ2v) is 5.24. The Morgan fingerprint density at radius 1 is 1.19 bits per heavy atom. The van der Waals surface area contributed by atoms with Gasteiger partial charge in [-0.2, -0.15) is 0 Å². The number of carbonyl (C=O) groups excluding carboxylic acids is 1. The number of hydrogen-bond donors (Lipinski definition) is 3. The number of anilines is 1. The lowest BCUT2D eigenvalue weighted by atomic mass is 10.1. The topological polar surface area (TPSA) is 70.9 Å². The molecule has 0 saturated carbocycles. The highest BCUT2D eigenvalue weighted by Gasteiger charge is 2.04. The maximum absolute atomic E-state index is 11.0. The van der Waals surface area contributed by atoms with Gasteiger partial charge in [0.2, 0.25) is 5.91 Å². The third-order valence-electron chi connectivity index (χ3n) is 3.38. The number of carbonyl (C=O) groups is 1. The van der Waals surface area contributed by atoms with E-state index < -0.39 is 5.91 Å². The Kier molecular flexibility index (Phi) is 3.54. The fraction of sp³-hybridized carbons (Fsp3) is 0.0625. The zero-order chi connectivity index (χ0) is 14.8. The number of hydrogen-bond acceptors (Lipinski definition) is 2. The molecule has 0 spiro atoms. The van der Waals surface area contributed by atoms with Crippen LogP contribution in [0.2, 0.25) is 5.02 Å². The highest BCUT2D eigenvalue weighted by Crippen LogP contribution is 2.23. The minimum Gasteiger partial charge on any atom is -0.381 e. The molecule has 0 aliphatic carbocycles. The second kappa shape index (κ2) is 5.50. The van der Waals surface area contributed by atoms with E-state index >= 15 is 0 Å². The van der Waals surface area contributed by atoms with Crippen molar-refractivity contribution in [1.82, 2.24) is 4.98 Å². The minimum atomic E-state index is -0.421. The maximum Gasteiger partial charge on any atom is 0.248 e. The van der Waals surface area contributed by atoms with Crippen molar-refractivity contribution in [3.63, 3.8) is 0 Å². The standard InChI is InChI=1S/C16H14ClN3O/c17-12-3-6-14-11(9-20-15(14)7-12)8-19-13-4-1-10(2-5-13)16(18)21/h1-7,9,19-20H,8H2,(H2,18,21). The highest BCUT2D eigenvalue weighted by molar-refractivity contribution is 6.31. The van der Waals surface area contributed by atoms with Crippen LogP contribution in [0.1, 0.15) is 15.9 Å². The molecule has 0 radical (unpaired) electrons. The molecular weight excluding hydrogens is 286 g/mol. The Morgan fingerprint density at radius 3 is 2.67 bits per heavy atom. The van der Waals surface area contributed by atoms with Gasteiger partial charge in [-0.3, -0.25) is 4.79 Å². The third kappa shape index (κ3) is 2.85. The molecule has 0 fully saturated rings. The van der Waals surface area contributed by atoms with Crippen LogP contribution in [0, 0.1) is 0 Å². The Hall–Kier alpha value is -2.46. The molecule has 0 atom stereocenters. The Bertz CT molecular complexity index is 793. The molecule has 21 heavy (non-hydrogen) atoms. The lowest BCUT2D eigenvalue weighted by Crippen LogP contribution is -2.10. The first-order chi connectivity index (χ1) is 10.1. The summed E-state index contributed by atoms with van der Waals surface area (Å²) in [4.78, 5) is 14.2. The molecule has 106 valence electrons. The van der Waals surface area contributed by atoms with Gasteiger partial charge < -0.3 is 16.0 Å². The van der Waals surface area contributed by atoms with Crippen LogP contribution in [0.5, 0.6) is 0 Å². The number of nitrogens with one attached hydrogen (secondary N) is 2. The summed E-state index contributed by atoms with van der Waals surface area (Å²) in [5.41, 5.74) is 8.82. The van der Waals surface area contributed by atoms with Crippen molar-refractivity contribution >= 4 is 34.1 Å². The number of H-pyrrole nitrogens is 1. The van der Waals surface area contributed by atoms with E-state index in [1.165, 1.54) is 0 Å². The Morgan fingerprint density at radius 2 is 1.95 bits per heavy atom. The van der Waals surface area contributed by atoms with Crippen LogP contribution in [0.15, 0.2) is 48.7 Å². The quantitative estimate of drug-likeness (QED) is 0.689. The van der Waals surface area contributed by atoms with Crippen LogP contribution in [-0.2, 0) is 6.54 Å². The van der Waals surface area contributed by atoms with E-state index in [2.05, 4.69) is 10.3 Å². The van der Waals surface area contributed by atoms with Crippen molar-refractivity contribution in [2.45, 2.75) is 6.54 Å². The van der Waals surface area contributed by atoms with Gasteiger partial charge in [-0.1, -0.05) is 17.7 Å². The molecule has 4 nitrogen and oxygen atoms in total. The number of aromatic amines is 1. The van der Waals surface area contributed by atoms with Crippen molar-refractivity contribution in [1.29, 1.82) is 0 Å². The summed E-state index contributed by atoms with van der Waals surface area (Å²) in [6.45, 7) is 0.678. The lowest BCUT2D eigenvalue weighted by molar-refractivity contribution is 0.100. The van der Waals surface area contributed by atoms with Crippen LogP contribution >= 0.6 is 11.6 Å². The molecule has 1 amide bonds. The van der Waals surface area contributed by atoms with Gasteiger partial charge in [-0.05, 0) is 42.0 Å². The summed E-state index contributed by atoms with van der Waals surface area (Å²) in [5.74, 6) is -0.421. The van der Waals surface area contributed by atoms with Gasteiger partial charge in [0.15, 0.2) is 0 Å². The van der Waals surface area contributed by atoms with Crippen molar-refractivity contribution in [2.75, 3.05) is 5.32 Å². The van der Waals surface area contributed by atoms with E-state index in [4.69, 9.17) is 17.3 Å². The normalized spacial score (nSPS) is 10.7. The molecule has 2 aromatic carbocycles. The van der Waals surface area contributed by atoms with Crippen LogP contribution < -0.4 is 11.1 Å². The molecule has 4 N–H and O–H groups in total. The van der Waals surface area contributed by atoms with Gasteiger partial charge >= 0.3 is 0 Å². The molecule has 0 unspecified atom stereocenters. The van der Waals surface area contributed by atoms with Crippen molar-refractivity contribution < 1.29 is 4.79 Å². The summed E-state index contributed by atoms with van der Waals surface area (Å²) in [6.07, 6.45) is 1.96. The smallest absolute Gasteiger partial charge is 0.248 e. The first-order valence-corrected chi connectivity index (χ1v) is 6.90. The van der Waals surface area contributed by atoms with Crippen molar-refractivity contribution in [2.24, 2.45) is 5.73 Å². The first-order valence-electron chi connectivity index (χ1n) is 6.53. The fourth-order valence-corrected chi connectivity index (χ4v) is 2.43. The van der Waals surface area contributed by atoms with Gasteiger partial charge in [-0.25, -0.2) is 0 Å². The number of benzene rings is 2. The molecular formula is C16H14ClN3O. The largest absolute Gasteiger partial charge is 0.381 e. The summed E-state index contributed by atoms with van der Waals surface area (Å²) < 4.78 is 0. The van der Waals surface area contributed by atoms with Crippen molar-refractivity contribution in [3.8, 4) is 0 Å². The number of halogens is 1. The maximum atomic E-state index is 11.0. The molecule has 1 heterocycles. The van der Waals surface area contributed by atoms with Crippen LogP contribution in [0.3, 0.4) is 0 Å². The molecule has 3 rings (SSSR count). The number of primary amides is 1. The van der Waals surface area contributed by atoms with Gasteiger partial charge in [0.1, 0.15) is 0 Å². The number of aromatic nitrogens is 1. The van der Waals surface area contributed by atoms with E-state index in [0.717, 1.165) is 22.2 Å². The highest BCUT2D eigenvalue weighted by atomic mass is 35.5. The summed E-state index contributed by atoms with van der Waals surface area (Å²) in [6, 6.07) is 12.9. The van der Waals surface area contributed by atoms with Crippen LogP contribution in [0.25, 0.3) is 10.9 Å². The van der Waals surface area contributed by atoms with E-state index in [1.807, 2.05) is 36.5 Å². The van der Waals surface area contributed by atoms with Gasteiger partial charge in [0.25, 0.3) is 0 Å². The number of nitrogens with two attached hydrogens (primary N) is 1. The predicted molar refractivity (Wildman–Crippen MR) is 85.6 cm³/mol. The fourth-order valence-electron chi connectivity index (χ4n) is 2.25. The average molecular weight is 300 g/mol. The Labute approximate surface area is 126 Å². The first kappa shape index (κ1) is 13.5. The monoisotopic (exact) mass is 299 g/mol. The molecule has 5 heteroatoms. The summed E-state index contributed by atoms with van der Waals surface area (Å²) >= 11 is 5.97. The zero-order valence-electron chi connectivity index (χ0n) is 11.2. The summed E-state index contributed by atoms with van der Waals surface area (Å²) in [7, 11) is 0. The molecule has 0 aliphatic heterocycles.